The predicted octanol–water partition coefficient (Wildman–Crippen LogP) is 4.89. The Kier molecular flexibility index (Phi) is 12.4. The van der Waals surface area contributed by atoms with Gasteiger partial charge in [0.05, 0.1) is 4.92 Å². The number of carbonyl (C=O) groups excluding carboxylic acids is 1. The molecule has 0 heterocycles. The minimum atomic E-state index is -2.42. The highest BCUT2D eigenvalue weighted by molar-refractivity contribution is 6.60. The van der Waals surface area contributed by atoms with Gasteiger partial charge in [-0.15, -0.1) is 0 Å². The maximum atomic E-state index is 11.8. The van der Waals surface area contributed by atoms with Crippen LogP contribution in [0.1, 0.15) is 57.8 Å². The lowest BCUT2D eigenvalue weighted by molar-refractivity contribution is -0.384. The summed E-state index contributed by atoms with van der Waals surface area (Å²) in [5.74, 6) is 0.0315. The average molecular weight is 428 g/mol. The van der Waals surface area contributed by atoms with Crippen molar-refractivity contribution in [3.63, 3.8) is 0 Å². The summed E-state index contributed by atoms with van der Waals surface area (Å²) >= 11 is 0. The number of esters is 1. The molecule has 0 spiro atoms. The summed E-state index contributed by atoms with van der Waals surface area (Å²) in [6.45, 7) is 0. The number of rotatable bonds is 16. The zero-order valence-electron chi connectivity index (χ0n) is 17.7. The van der Waals surface area contributed by atoms with Gasteiger partial charge < -0.3 is 18.0 Å². The van der Waals surface area contributed by atoms with Crippen LogP contribution in [0.15, 0.2) is 24.3 Å². The number of benzene rings is 1. The number of non-ortho nitro benzene ring substituents is 1. The van der Waals surface area contributed by atoms with Crippen molar-refractivity contribution in [2.24, 2.45) is 0 Å². The van der Waals surface area contributed by atoms with Crippen LogP contribution in [-0.2, 0) is 18.1 Å². The molecule has 0 aliphatic rings. The Morgan fingerprint density at radius 1 is 0.862 bits per heavy atom. The highest BCUT2D eigenvalue weighted by atomic mass is 28.4. The smallest absolute Gasteiger partial charge is 0.427 e. The predicted molar refractivity (Wildman–Crippen MR) is 112 cm³/mol. The van der Waals surface area contributed by atoms with Gasteiger partial charge in [-0.1, -0.05) is 38.5 Å². The molecule has 0 radical (unpaired) electrons. The van der Waals surface area contributed by atoms with Gasteiger partial charge in [0.1, 0.15) is 5.75 Å². The number of nitro groups is 1. The normalized spacial score (nSPS) is 11.4. The second kappa shape index (κ2) is 14.2. The first-order valence-electron chi connectivity index (χ1n) is 10.1. The fourth-order valence-electron chi connectivity index (χ4n) is 3.05. The van der Waals surface area contributed by atoms with E-state index in [-0.39, 0.29) is 11.7 Å². The van der Waals surface area contributed by atoms with Gasteiger partial charge in [0.2, 0.25) is 0 Å². The number of hydrogen-bond donors (Lipinski definition) is 0. The van der Waals surface area contributed by atoms with Crippen molar-refractivity contribution in [2.75, 3.05) is 21.3 Å². The lowest BCUT2D eigenvalue weighted by Gasteiger charge is -2.24. The van der Waals surface area contributed by atoms with E-state index < -0.39 is 13.7 Å². The molecule has 0 saturated heterocycles. The Morgan fingerprint density at radius 3 is 1.83 bits per heavy atom. The van der Waals surface area contributed by atoms with Crippen LogP contribution >= 0.6 is 0 Å². The molecule has 0 aliphatic heterocycles. The van der Waals surface area contributed by atoms with Gasteiger partial charge in [0, 0.05) is 45.9 Å². The number of unbranched alkanes of at least 4 members (excludes halogenated alkanes) is 7. The molecule has 164 valence electrons. The van der Waals surface area contributed by atoms with E-state index in [0.717, 1.165) is 44.6 Å². The van der Waals surface area contributed by atoms with Crippen molar-refractivity contribution in [3.05, 3.63) is 34.4 Å². The summed E-state index contributed by atoms with van der Waals surface area (Å²) < 4.78 is 21.4. The number of carbonyl (C=O) groups is 1. The van der Waals surface area contributed by atoms with Gasteiger partial charge >= 0.3 is 14.8 Å². The fraction of sp³-hybridized carbons (Fsp3) is 0.650. The zero-order chi connectivity index (χ0) is 21.5. The Balaban J connectivity index is 2.02. The highest BCUT2D eigenvalue weighted by Gasteiger charge is 2.36. The molecular formula is C20H33NO7Si. The van der Waals surface area contributed by atoms with E-state index in [2.05, 4.69) is 0 Å². The summed E-state index contributed by atoms with van der Waals surface area (Å²) in [5, 5.41) is 10.6. The molecule has 29 heavy (non-hydrogen) atoms. The largest absolute Gasteiger partial charge is 0.500 e. The Bertz CT molecular complexity index is 597. The van der Waals surface area contributed by atoms with E-state index in [1.807, 2.05) is 0 Å². The van der Waals surface area contributed by atoms with Crippen LogP contribution in [0, 0.1) is 10.1 Å². The van der Waals surface area contributed by atoms with Crippen LogP contribution in [0.3, 0.4) is 0 Å². The second-order valence-corrected chi connectivity index (χ2v) is 9.94. The third-order valence-corrected chi connectivity index (χ3v) is 7.66. The molecule has 0 saturated carbocycles. The molecule has 1 aromatic carbocycles. The van der Waals surface area contributed by atoms with E-state index >= 15 is 0 Å². The summed E-state index contributed by atoms with van der Waals surface area (Å²) in [7, 11) is 2.50. The summed E-state index contributed by atoms with van der Waals surface area (Å²) in [4.78, 5) is 21.9. The van der Waals surface area contributed by atoms with Crippen LogP contribution in [-0.4, -0.2) is 41.0 Å². The van der Waals surface area contributed by atoms with Gasteiger partial charge in [-0.05, 0) is 25.0 Å². The molecule has 0 aromatic heterocycles. The Labute approximate surface area is 174 Å². The monoisotopic (exact) mass is 427 g/mol. The van der Waals surface area contributed by atoms with Gasteiger partial charge in [-0.3, -0.25) is 14.9 Å². The van der Waals surface area contributed by atoms with E-state index in [9.17, 15) is 14.9 Å². The number of nitro benzene ring substituents is 1. The fourth-order valence-corrected chi connectivity index (χ4v) is 4.84. The molecule has 0 aliphatic carbocycles. The maximum absolute atomic E-state index is 11.8. The summed E-state index contributed by atoms with van der Waals surface area (Å²) in [6, 6.07) is 6.37. The topological polar surface area (TPSA) is 97.1 Å². The SMILES string of the molecule is CO[Si](CCCCCCCCCCC(=O)Oc1ccc([N+](=O)[O-])cc1)(OC)OC. The molecule has 0 bridgehead atoms. The molecule has 0 unspecified atom stereocenters. The van der Waals surface area contributed by atoms with Crippen LogP contribution < -0.4 is 4.74 Å². The Morgan fingerprint density at radius 2 is 1.34 bits per heavy atom. The van der Waals surface area contributed by atoms with Crippen molar-refractivity contribution in [1.29, 1.82) is 0 Å². The first-order valence-corrected chi connectivity index (χ1v) is 12.0. The molecule has 0 N–H and O–H groups in total. The molecule has 0 amide bonds. The molecule has 8 nitrogen and oxygen atoms in total. The van der Waals surface area contributed by atoms with Crippen LogP contribution in [0.4, 0.5) is 5.69 Å². The third kappa shape index (κ3) is 9.98. The van der Waals surface area contributed by atoms with Gasteiger partial charge in [-0.25, -0.2) is 0 Å². The highest BCUT2D eigenvalue weighted by Crippen LogP contribution is 2.19. The minimum Gasteiger partial charge on any atom is -0.427 e. The molecule has 9 heteroatoms. The minimum absolute atomic E-state index is 0.0257. The molecule has 0 atom stereocenters. The first-order chi connectivity index (χ1) is 14.0. The van der Waals surface area contributed by atoms with Crippen molar-refractivity contribution in [2.45, 2.75) is 63.8 Å². The van der Waals surface area contributed by atoms with E-state index in [1.165, 1.54) is 37.1 Å². The van der Waals surface area contributed by atoms with E-state index in [4.69, 9.17) is 18.0 Å². The Hall–Kier alpha value is -1.81. The number of ether oxygens (including phenoxy) is 1. The van der Waals surface area contributed by atoms with E-state index in [0.29, 0.717) is 12.2 Å². The zero-order valence-corrected chi connectivity index (χ0v) is 18.7. The lowest BCUT2D eigenvalue weighted by atomic mass is 10.1. The molecule has 1 aromatic rings. The average Bonchev–Trinajstić information content (AvgIpc) is 2.73. The summed E-state index contributed by atoms with van der Waals surface area (Å²) in [5.41, 5.74) is -0.0257. The third-order valence-electron chi connectivity index (χ3n) is 4.83. The van der Waals surface area contributed by atoms with Gasteiger partial charge in [-0.2, -0.15) is 0 Å². The number of hydrogen-bond acceptors (Lipinski definition) is 7. The number of nitrogens with zero attached hydrogens (tertiary/aromatic N) is 1. The van der Waals surface area contributed by atoms with Crippen LogP contribution in [0.5, 0.6) is 5.75 Å². The maximum Gasteiger partial charge on any atom is 0.500 e. The van der Waals surface area contributed by atoms with Gasteiger partial charge in [0.25, 0.3) is 5.69 Å². The molecule has 0 fully saturated rings. The first kappa shape index (κ1) is 25.2. The van der Waals surface area contributed by atoms with Crippen molar-refractivity contribution in [3.8, 4) is 5.75 Å². The van der Waals surface area contributed by atoms with Crippen molar-refractivity contribution >= 4 is 20.5 Å². The van der Waals surface area contributed by atoms with Gasteiger partial charge in [0.15, 0.2) is 0 Å². The second-order valence-electron chi connectivity index (χ2n) is 6.85. The standard InChI is InChI=1S/C20H33NO7Si/c1-25-29(26-2,27-3)17-11-9-7-5-4-6-8-10-12-20(22)28-19-15-13-18(14-16-19)21(23)24/h13-16H,4-12,17H2,1-3H3. The van der Waals surface area contributed by atoms with Crippen LogP contribution in [0.2, 0.25) is 6.04 Å². The van der Waals surface area contributed by atoms with Crippen molar-refractivity contribution < 1.29 is 27.7 Å². The van der Waals surface area contributed by atoms with Crippen molar-refractivity contribution in [1.82, 2.24) is 0 Å². The lowest BCUT2D eigenvalue weighted by Crippen LogP contribution is -2.42. The quantitative estimate of drug-likeness (QED) is 0.0925. The summed E-state index contributed by atoms with van der Waals surface area (Å²) in [6.07, 6.45) is 8.89. The molecule has 1 rings (SSSR count). The van der Waals surface area contributed by atoms with E-state index in [1.54, 1.807) is 21.3 Å². The van der Waals surface area contributed by atoms with Crippen LogP contribution in [0.25, 0.3) is 0 Å². The molecular weight excluding hydrogens is 394 g/mol.